The molecule has 4 aromatic rings. The van der Waals surface area contributed by atoms with Crippen molar-refractivity contribution in [3.05, 3.63) is 159 Å². The van der Waals surface area contributed by atoms with E-state index in [1.807, 2.05) is 6.07 Å². The van der Waals surface area contributed by atoms with Crippen molar-refractivity contribution in [3.8, 4) is 11.1 Å². The Kier molecular flexibility index (Phi) is 9.19. The second kappa shape index (κ2) is 12.9. The van der Waals surface area contributed by atoms with Gasteiger partial charge < -0.3 is 0 Å². The number of hydrogen-bond acceptors (Lipinski definition) is 0. The molecule has 0 aliphatic heterocycles. The normalized spacial score (nSPS) is 18.6. The Labute approximate surface area is 298 Å². The fraction of sp³-hybridized carbons (Fsp3) is 0.283. The summed E-state index contributed by atoms with van der Waals surface area (Å²) >= 11 is 1.47. The van der Waals surface area contributed by atoms with Crippen LogP contribution in [0.5, 0.6) is 0 Å². The molecule has 0 N–H and O–H groups in total. The molecule has 0 spiro atoms. The number of rotatable bonds is 2. The van der Waals surface area contributed by atoms with Crippen LogP contribution in [0.4, 0.5) is 0 Å². The first-order valence-corrected chi connectivity index (χ1v) is 18.3. The van der Waals surface area contributed by atoms with Crippen molar-refractivity contribution >= 4 is 20.4 Å². The van der Waals surface area contributed by atoms with E-state index in [9.17, 15) is 0 Å². The van der Waals surface area contributed by atoms with Crippen LogP contribution in [0.3, 0.4) is 0 Å². The summed E-state index contributed by atoms with van der Waals surface area (Å²) in [6.07, 6.45) is 12.8. The third-order valence-electron chi connectivity index (χ3n) is 10.0. The van der Waals surface area contributed by atoms with E-state index in [2.05, 4.69) is 163 Å². The average Bonchev–Trinajstić information content (AvgIpc) is 3.70. The van der Waals surface area contributed by atoms with Crippen molar-refractivity contribution in [1.29, 1.82) is 0 Å². The van der Waals surface area contributed by atoms with Gasteiger partial charge in [0, 0.05) is 5.41 Å². The summed E-state index contributed by atoms with van der Waals surface area (Å²) in [5.41, 5.74) is 21.1. The first kappa shape index (κ1) is 33.5. The molecule has 234 valence electrons. The molecule has 4 aliphatic rings. The van der Waals surface area contributed by atoms with Gasteiger partial charge in [0.05, 0.1) is 0 Å². The Morgan fingerprint density at radius 3 is 1.94 bits per heavy atom. The molecule has 1 heteroatoms. The molecule has 0 saturated carbocycles. The quantitative estimate of drug-likeness (QED) is 0.162. The van der Waals surface area contributed by atoms with Crippen LogP contribution in [-0.2, 0) is 41.5 Å². The Bertz CT molecular complexity index is 1900. The molecule has 0 fully saturated rings. The summed E-state index contributed by atoms with van der Waals surface area (Å²) in [6, 6.07) is 28.9. The van der Waals surface area contributed by atoms with Gasteiger partial charge in [0.25, 0.3) is 0 Å². The molecule has 0 bridgehead atoms. The first-order chi connectivity index (χ1) is 22.3. The van der Waals surface area contributed by atoms with Gasteiger partial charge in [-0.05, 0) is 58.4 Å². The Hall–Kier alpha value is -3.41. The third-order valence-corrected chi connectivity index (χ3v) is 10.8. The zero-order valence-corrected chi connectivity index (χ0v) is 32.0. The Morgan fingerprint density at radius 1 is 0.723 bits per heavy atom. The van der Waals surface area contributed by atoms with Gasteiger partial charge in [-0.25, -0.2) is 11.1 Å². The number of fused-ring (bicyclic) bond motifs is 5. The molecule has 0 heterocycles. The minimum absolute atomic E-state index is 0.0340. The third kappa shape index (κ3) is 6.67. The van der Waals surface area contributed by atoms with Gasteiger partial charge in [-0.15, -0.1) is 17.2 Å². The van der Waals surface area contributed by atoms with Crippen molar-refractivity contribution in [2.45, 2.75) is 79.6 Å². The van der Waals surface area contributed by atoms with Crippen LogP contribution in [-0.4, -0.2) is 3.71 Å². The van der Waals surface area contributed by atoms with Crippen LogP contribution in [0, 0.1) is 25.0 Å². The van der Waals surface area contributed by atoms with Gasteiger partial charge in [0.15, 0.2) is 0 Å². The molecule has 47 heavy (non-hydrogen) atoms. The molecule has 1 atom stereocenters. The first-order valence-electron chi connectivity index (χ1n) is 16.9. The molecule has 0 nitrogen and oxygen atoms in total. The van der Waals surface area contributed by atoms with Crippen LogP contribution in [0.1, 0.15) is 105 Å². The van der Waals surface area contributed by atoms with E-state index in [4.69, 9.17) is 0 Å². The van der Waals surface area contributed by atoms with E-state index >= 15 is 0 Å². The van der Waals surface area contributed by atoms with Gasteiger partial charge in [-0.3, -0.25) is 12.2 Å². The molecule has 0 saturated heterocycles. The van der Waals surface area contributed by atoms with E-state index in [1.54, 1.807) is 0 Å². The Morgan fingerprint density at radius 2 is 1.34 bits per heavy atom. The zero-order chi connectivity index (χ0) is 33.7. The Balaban J connectivity index is 0.000000146. The molecular weight excluding hydrogens is 644 g/mol. The van der Waals surface area contributed by atoms with Crippen molar-refractivity contribution in [2.75, 3.05) is 0 Å². The van der Waals surface area contributed by atoms with E-state index in [1.165, 1.54) is 108 Å². The van der Waals surface area contributed by atoms with Crippen molar-refractivity contribution < 1.29 is 24.2 Å². The van der Waals surface area contributed by atoms with E-state index < -0.39 is 0 Å². The van der Waals surface area contributed by atoms with Crippen LogP contribution >= 0.6 is 0 Å². The second-order valence-electron chi connectivity index (χ2n) is 14.8. The molecular formula is C46H46Zr. The van der Waals surface area contributed by atoms with Gasteiger partial charge in [0.2, 0.25) is 0 Å². The van der Waals surface area contributed by atoms with Crippen molar-refractivity contribution in [1.82, 2.24) is 0 Å². The maximum absolute atomic E-state index is 3.65. The summed E-state index contributed by atoms with van der Waals surface area (Å²) in [5, 5.41) is 0. The van der Waals surface area contributed by atoms with Crippen LogP contribution in [0.25, 0.3) is 27.8 Å². The van der Waals surface area contributed by atoms with E-state index in [0.717, 1.165) is 6.42 Å². The predicted molar refractivity (Wildman–Crippen MR) is 199 cm³/mol. The topological polar surface area (TPSA) is 0 Å². The minimum atomic E-state index is 0.0340. The second-order valence-corrected chi connectivity index (χ2v) is 15.5. The summed E-state index contributed by atoms with van der Waals surface area (Å²) < 4.78 is 2.19. The van der Waals surface area contributed by atoms with Crippen LogP contribution in [0.15, 0.2) is 96.6 Å². The molecule has 0 amide bonds. The van der Waals surface area contributed by atoms with Gasteiger partial charge >= 0.3 is 70.3 Å². The molecule has 0 radical (unpaired) electrons. The van der Waals surface area contributed by atoms with Crippen molar-refractivity contribution in [2.24, 2.45) is 5.92 Å². The van der Waals surface area contributed by atoms with E-state index in [-0.39, 0.29) is 10.8 Å². The number of benzene rings is 4. The van der Waals surface area contributed by atoms with Gasteiger partial charge in [-0.1, -0.05) is 108 Å². The predicted octanol–water partition coefficient (Wildman–Crippen LogP) is 11.6. The molecule has 8 rings (SSSR count). The summed E-state index contributed by atoms with van der Waals surface area (Å²) in [6.45, 7) is 20.1. The number of allylic oxidation sites excluding steroid dienone is 8. The van der Waals surface area contributed by atoms with E-state index in [0.29, 0.717) is 5.92 Å². The zero-order valence-electron chi connectivity index (χ0n) is 29.5. The van der Waals surface area contributed by atoms with Crippen LogP contribution in [0.2, 0.25) is 0 Å². The summed E-state index contributed by atoms with van der Waals surface area (Å²) in [4.78, 5) is 0. The van der Waals surface area contributed by atoms with Gasteiger partial charge in [-0.2, -0.15) is 17.2 Å². The SMILES string of the molecule is CC1=[C-]C(C)(C)c2cc3c(cc21)-c1cc2c(cc1C3)C(C)(C)C=C2C.CC1=[C-]C(C)C=C1c1ccccc1.Cc1ccc([CH]=[Zr+2])cc1. The standard InChI is InChI=1S/C25H25.C13H13.C8H8.Zr/c1-14-12-24(3,4)22-8-16-7-17-9-23-19(15(2)13-25(23,5)6)11-21(17)20(16)10-18(14)22;1-10-8-11(2)13(9-10)12-6-4-3-5-7-12;1-7-3-5-8(2)6-4-7;/h8-12H,7H2,1-6H3;3-7,9-10H,1-2H3;1,3-6H,2H3;/q2*-1;;+2. The molecule has 0 aromatic heterocycles. The van der Waals surface area contributed by atoms with Gasteiger partial charge in [0.1, 0.15) is 0 Å². The van der Waals surface area contributed by atoms with Crippen molar-refractivity contribution in [3.63, 3.8) is 0 Å². The fourth-order valence-electron chi connectivity index (χ4n) is 7.70. The molecule has 1 unspecified atom stereocenters. The fourth-order valence-corrected chi connectivity index (χ4v) is 8.18. The summed E-state index contributed by atoms with van der Waals surface area (Å²) in [7, 11) is 0. The summed E-state index contributed by atoms with van der Waals surface area (Å²) in [5.74, 6) is 0.468. The van der Waals surface area contributed by atoms with Crippen LogP contribution < -0.4 is 0 Å². The number of aryl methyl sites for hydroxylation is 1. The molecule has 4 aliphatic carbocycles. The molecule has 4 aromatic carbocycles. The number of hydrogen-bond donors (Lipinski definition) is 0. The monoisotopic (exact) mass is 688 g/mol. The average molecular weight is 690 g/mol. The maximum atomic E-state index is 3.65.